The van der Waals surface area contributed by atoms with Crippen molar-refractivity contribution in [2.45, 2.75) is 19.8 Å². The molecule has 3 aromatic rings. The average Bonchev–Trinajstić information content (AvgIpc) is 3.17. The number of ether oxygens (including phenoxy) is 2. The number of rotatable bonds is 6. The highest BCUT2D eigenvalue weighted by atomic mass is 32.1. The van der Waals surface area contributed by atoms with Crippen LogP contribution in [0.5, 0.6) is 11.5 Å². The van der Waals surface area contributed by atoms with Crippen molar-refractivity contribution in [1.82, 2.24) is 4.57 Å². The average molecular weight is 471 g/mol. The van der Waals surface area contributed by atoms with E-state index >= 15 is 0 Å². The number of nitrogens with two attached hydrogens (primary N) is 1. The number of nitriles is 2. The SMILES string of the molecule is CCOc1ccc(/C=c2\sc3n(c2=O)C(N)=C(C#N)[C@@H](c2ccc(OCC)cc2)C=3C#N)cc1. The third-order valence-corrected chi connectivity index (χ3v) is 6.51. The molecule has 0 saturated heterocycles. The van der Waals surface area contributed by atoms with Gasteiger partial charge in [-0.15, -0.1) is 11.3 Å². The lowest BCUT2D eigenvalue weighted by atomic mass is 9.84. The highest BCUT2D eigenvalue weighted by Gasteiger charge is 2.32. The van der Waals surface area contributed by atoms with Crippen LogP contribution in [0.1, 0.15) is 30.9 Å². The fourth-order valence-corrected chi connectivity index (χ4v) is 5.01. The van der Waals surface area contributed by atoms with Gasteiger partial charge in [0.25, 0.3) is 5.56 Å². The minimum atomic E-state index is -0.665. The summed E-state index contributed by atoms with van der Waals surface area (Å²) in [7, 11) is 0. The molecule has 1 atom stereocenters. The zero-order valence-corrected chi connectivity index (χ0v) is 19.6. The van der Waals surface area contributed by atoms with Crippen LogP contribution < -0.4 is 30.0 Å². The largest absolute Gasteiger partial charge is 0.494 e. The van der Waals surface area contributed by atoms with Gasteiger partial charge in [-0.2, -0.15) is 10.5 Å². The van der Waals surface area contributed by atoms with Crippen molar-refractivity contribution in [1.29, 1.82) is 10.5 Å². The molecular weight excluding hydrogens is 448 g/mol. The van der Waals surface area contributed by atoms with Gasteiger partial charge >= 0.3 is 0 Å². The molecular formula is C26H22N4O3S. The van der Waals surface area contributed by atoms with E-state index in [4.69, 9.17) is 15.2 Å². The van der Waals surface area contributed by atoms with Crippen LogP contribution in [-0.2, 0) is 0 Å². The van der Waals surface area contributed by atoms with Crippen LogP contribution in [0.4, 0.5) is 0 Å². The minimum absolute atomic E-state index is 0.0444. The normalized spacial score (nSPS) is 15.5. The van der Waals surface area contributed by atoms with E-state index in [1.54, 1.807) is 18.2 Å². The maximum atomic E-state index is 13.2. The molecule has 0 amide bonds. The van der Waals surface area contributed by atoms with Crippen molar-refractivity contribution in [2.24, 2.45) is 5.73 Å². The fraction of sp³-hybridized carbons (Fsp3) is 0.192. The Balaban J connectivity index is 1.90. The number of nitrogens with zero attached hydrogens (tertiary/aromatic N) is 3. The topological polar surface area (TPSA) is 114 Å². The lowest BCUT2D eigenvalue weighted by molar-refractivity contribution is 0.340. The first kappa shape index (κ1) is 22.9. The number of allylic oxidation sites excluding steroid dienone is 1. The van der Waals surface area contributed by atoms with Gasteiger partial charge in [0.15, 0.2) is 0 Å². The van der Waals surface area contributed by atoms with Crippen molar-refractivity contribution >= 4 is 28.8 Å². The van der Waals surface area contributed by atoms with Gasteiger partial charge in [-0.05, 0) is 55.3 Å². The van der Waals surface area contributed by atoms with Crippen LogP contribution in [0.25, 0.3) is 17.5 Å². The van der Waals surface area contributed by atoms with E-state index in [0.717, 1.165) is 16.9 Å². The number of hydrogen-bond acceptors (Lipinski definition) is 7. The minimum Gasteiger partial charge on any atom is -0.494 e. The van der Waals surface area contributed by atoms with Crippen molar-refractivity contribution in [2.75, 3.05) is 13.2 Å². The molecule has 0 unspecified atom stereocenters. The molecule has 2 N–H and O–H groups in total. The van der Waals surface area contributed by atoms with E-state index in [9.17, 15) is 15.3 Å². The summed E-state index contributed by atoms with van der Waals surface area (Å²) in [5, 5.41) is 20.0. The van der Waals surface area contributed by atoms with E-state index in [1.165, 1.54) is 15.9 Å². The van der Waals surface area contributed by atoms with Gasteiger partial charge in [-0.1, -0.05) is 24.3 Å². The lowest BCUT2D eigenvalue weighted by Crippen LogP contribution is -2.38. The van der Waals surface area contributed by atoms with Gasteiger partial charge < -0.3 is 15.2 Å². The van der Waals surface area contributed by atoms with Crippen LogP contribution in [0, 0.1) is 22.7 Å². The van der Waals surface area contributed by atoms with Gasteiger partial charge in [-0.3, -0.25) is 9.36 Å². The molecule has 1 aliphatic rings. The van der Waals surface area contributed by atoms with Crippen molar-refractivity contribution in [3.63, 3.8) is 0 Å². The molecule has 8 heteroatoms. The number of thiazole rings is 1. The smallest absolute Gasteiger partial charge is 0.274 e. The Morgan fingerprint density at radius 2 is 1.53 bits per heavy atom. The Bertz CT molecular complexity index is 1520. The highest BCUT2D eigenvalue weighted by Crippen LogP contribution is 2.36. The van der Waals surface area contributed by atoms with Crippen LogP contribution in [-0.4, -0.2) is 17.8 Å². The first-order valence-corrected chi connectivity index (χ1v) is 11.6. The predicted octanol–water partition coefficient (Wildman–Crippen LogP) is 2.66. The number of benzene rings is 2. The summed E-state index contributed by atoms with van der Waals surface area (Å²) in [4.78, 5) is 13.2. The Morgan fingerprint density at radius 1 is 0.971 bits per heavy atom. The second-order valence-electron chi connectivity index (χ2n) is 7.43. The highest BCUT2D eigenvalue weighted by molar-refractivity contribution is 7.07. The van der Waals surface area contributed by atoms with Gasteiger partial charge in [0.05, 0.1) is 46.9 Å². The maximum absolute atomic E-state index is 13.2. The molecule has 170 valence electrons. The molecule has 1 aliphatic heterocycles. The number of hydrogen-bond donors (Lipinski definition) is 1. The van der Waals surface area contributed by atoms with Crippen molar-refractivity contribution in [3.8, 4) is 23.6 Å². The summed E-state index contributed by atoms with van der Waals surface area (Å²) in [6.07, 6.45) is 1.74. The molecule has 0 bridgehead atoms. The zero-order valence-electron chi connectivity index (χ0n) is 18.7. The predicted molar refractivity (Wildman–Crippen MR) is 131 cm³/mol. The van der Waals surface area contributed by atoms with Crippen LogP contribution in [0.3, 0.4) is 0 Å². The molecule has 1 aromatic heterocycles. The molecule has 34 heavy (non-hydrogen) atoms. The van der Waals surface area contributed by atoms with Crippen molar-refractivity contribution < 1.29 is 9.47 Å². The third-order valence-electron chi connectivity index (χ3n) is 5.40. The van der Waals surface area contributed by atoms with Crippen LogP contribution in [0.15, 0.2) is 58.9 Å². The van der Waals surface area contributed by atoms with Gasteiger partial charge in [0.1, 0.15) is 22.0 Å². The third kappa shape index (κ3) is 4.07. The standard InChI is InChI=1S/C26H22N4O3S/c1-3-32-18-9-5-16(6-10-18)13-22-25(31)30-24(29)20(14-27)23(21(15-28)26(30)34-22)17-7-11-19(12-8-17)33-4-2/h5-13,23H,3-4,29H2,1-2H3/b22-13-/t23-/m1/s1. The van der Waals surface area contributed by atoms with E-state index in [0.29, 0.717) is 33.7 Å². The second kappa shape index (κ2) is 9.70. The summed E-state index contributed by atoms with van der Waals surface area (Å²) in [5.74, 6) is 0.812. The Labute approximate surface area is 200 Å². The summed E-state index contributed by atoms with van der Waals surface area (Å²) >= 11 is 1.19. The summed E-state index contributed by atoms with van der Waals surface area (Å²) < 4.78 is 13.1. The molecule has 0 saturated carbocycles. The molecule has 2 aromatic carbocycles. The van der Waals surface area contributed by atoms with Crippen LogP contribution >= 0.6 is 11.3 Å². The summed E-state index contributed by atoms with van der Waals surface area (Å²) in [6.45, 7) is 4.90. The molecule has 0 radical (unpaired) electrons. The Kier molecular flexibility index (Phi) is 6.53. The monoisotopic (exact) mass is 470 g/mol. The quantitative estimate of drug-likeness (QED) is 0.592. The van der Waals surface area contributed by atoms with Crippen molar-refractivity contribution in [3.05, 3.63) is 84.8 Å². The zero-order chi connectivity index (χ0) is 24.2. The molecule has 0 fully saturated rings. The van der Waals surface area contributed by atoms with Gasteiger partial charge in [0.2, 0.25) is 0 Å². The number of aromatic nitrogens is 1. The number of fused-ring (bicyclic) bond motifs is 1. The molecule has 2 heterocycles. The first-order valence-electron chi connectivity index (χ1n) is 10.8. The van der Waals surface area contributed by atoms with E-state index < -0.39 is 5.92 Å². The summed E-state index contributed by atoms with van der Waals surface area (Å²) in [6, 6.07) is 18.9. The van der Waals surface area contributed by atoms with E-state index in [1.807, 2.05) is 50.2 Å². The van der Waals surface area contributed by atoms with E-state index in [-0.39, 0.29) is 17.0 Å². The first-order chi connectivity index (χ1) is 16.5. The molecule has 0 spiro atoms. The van der Waals surface area contributed by atoms with E-state index in [2.05, 4.69) is 12.1 Å². The van der Waals surface area contributed by atoms with Crippen LogP contribution in [0.2, 0.25) is 0 Å². The van der Waals surface area contributed by atoms with Gasteiger partial charge in [-0.25, -0.2) is 0 Å². The maximum Gasteiger partial charge on any atom is 0.274 e. The van der Waals surface area contributed by atoms with Gasteiger partial charge in [0, 0.05) is 0 Å². The lowest BCUT2D eigenvalue weighted by Gasteiger charge is -2.22. The Morgan fingerprint density at radius 3 is 2.06 bits per heavy atom. The molecule has 0 aliphatic carbocycles. The second-order valence-corrected chi connectivity index (χ2v) is 8.46. The molecule has 7 nitrogen and oxygen atoms in total. The molecule has 4 rings (SSSR count). The summed E-state index contributed by atoms with van der Waals surface area (Å²) in [5.41, 5.74) is 7.98. The Hall–Kier alpha value is -4.27. The fourth-order valence-electron chi connectivity index (χ4n) is 3.89.